The molecule has 1 heterocycles. The molecule has 2 aliphatic rings. The van der Waals surface area contributed by atoms with Crippen LogP contribution in [0.15, 0.2) is 11.1 Å². The van der Waals surface area contributed by atoms with Gasteiger partial charge in [0.05, 0.1) is 11.7 Å². The quantitative estimate of drug-likeness (QED) is 0.807. The van der Waals surface area contributed by atoms with Gasteiger partial charge in [-0.3, -0.25) is 4.68 Å². The highest BCUT2D eigenvalue weighted by Crippen LogP contribution is 2.34. The van der Waals surface area contributed by atoms with Crippen LogP contribution in [-0.2, 0) is 15.4 Å². The second-order valence-electron chi connectivity index (χ2n) is 8.82. The molecule has 1 aromatic rings. The van der Waals surface area contributed by atoms with Gasteiger partial charge in [-0.2, -0.15) is 5.10 Å². The lowest BCUT2D eigenvalue weighted by Crippen LogP contribution is -2.35. The van der Waals surface area contributed by atoms with E-state index in [1.807, 2.05) is 25.5 Å². The molecule has 2 fully saturated rings. The molecule has 6 heteroatoms. The SMILES string of the molecule is CC(C)(C)c1nn(C2CCCC2)cc1S(=O)(=O)NC1CCCCCC1. The Morgan fingerprint density at radius 2 is 1.56 bits per heavy atom. The van der Waals surface area contributed by atoms with E-state index >= 15 is 0 Å². The van der Waals surface area contributed by atoms with Gasteiger partial charge in [0.25, 0.3) is 0 Å². The second-order valence-corrected chi connectivity index (χ2v) is 10.5. The predicted molar refractivity (Wildman–Crippen MR) is 100 cm³/mol. The third-order valence-corrected chi connectivity index (χ3v) is 7.10. The van der Waals surface area contributed by atoms with Crippen molar-refractivity contribution in [3.8, 4) is 0 Å². The minimum Gasteiger partial charge on any atom is -0.268 e. The Morgan fingerprint density at radius 1 is 1.00 bits per heavy atom. The fraction of sp³-hybridized carbons (Fsp3) is 0.842. The Kier molecular flexibility index (Phi) is 5.59. The Morgan fingerprint density at radius 3 is 2.12 bits per heavy atom. The van der Waals surface area contributed by atoms with Gasteiger partial charge in [0, 0.05) is 17.7 Å². The first kappa shape index (κ1) is 18.9. The molecule has 1 N–H and O–H groups in total. The van der Waals surface area contributed by atoms with E-state index < -0.39 is 10.0 Å². The Bertz CT molecular complexity index is 674. The molecular formula is C19H33N3O2S. The average Bonchev–Trinajstić information content (AvgIpc) is 3.13. The van der Waals surface area contributed by atoms with Crippen molar-refractivity contribution >= 4 is 10.0 Å². The Hall–Kier alpha value is -0.880. The first-order chi connectivity index (χ1) is 11.8. The summed E-state index contributed by atoms with van der Waals surface area (Å²) < 4.78 is 31.2. The summed E-state index contributed by atoms with van der Waals surface area (Å²) in [5.74, 6) is 0. The summed E-state index contributed by atoms with van der Waals surface area (Å²) in [7, 11) is -3.53. The molecule has 5 nitrogen and oxygen atoms in total. The molecule has 0 spiro atoms. The lowest BCUT2D eigenvalue weighted by molar-refractivity contribution is 0.448. The van der Waals surface area contributed by atoms with Crippen LogP contribution in [0.1, 0.15) is 96.7 Å². The molecule has 0 radical (unpaired) electrons. The van der Waals surface area contributed by atoms with E-state index in [9.17, 15) is 8.42 Å². The first-order valence-corrected chi connectivity index (χ1v) is 11.4. The molecule has 0 bridgehead atoms. The molecule has 0 saturated heterocycles. The summed E-state index contributed by atoms with van der Waals surface area (Å²) in [5, 5.41) is 4.74. The number of aromatic nitrogens is 2. The van der Waals surface area contributed by atoms with Gasteiger partial charge in [-0.25, -0.2) is 13.1 Å². The highest BCUT2D eigenvalue weighted by Gasteiger charge is 2.33. The zero-order valence-electron chi connectivity index (χ0n) is 15.9. The van der Waals surface area contributed by atoms with Crippen LogP contribution in [-0.4, -0.2) is 24.2 Å². The van der Waals surface area contributed by atoms with Crippen LogP contribution in [0.4, 0.5) is 0 Å². The maximum absolute atomic E-state index is 13.1. The summed E-state index contributed by atoms with van der Waals surface area (Å²) in [6.07, 6.45) is 12.9. The van der Waals surface area contributed by atoms with Crippen molar-refractivity contribution < 1.29 is 8.42 Å². The molecule has 0 unspecified atom stereocenters. The highest BCUT2D eigenvalue weighted by molar-refractivity contribution is 7.89. The second kappa shape index (κ2) is 7.39. The lowest BCUT2D eigenvalue weighted by atomic mass is 9.92. The van der Waals surface area contributed by atoms with Gasteiger partial charge in [-0.05, 0) is 25.7 Å². The zero-order chi connectivity index (χ0) is 18.1. The van der Waals surface area contributed by atoms with Crippen molar-refractivity contribution in [2.45, 2.75) is 107 Å². The maximum Gasteiger partial charge on any atom is 0.244 e. The van der Waals surface area contributed by atoms with Crippen molar-refractivity contribution in [3.63, 3.8) is 0 Å². The van der Waals surface area contributed by atoms with E-state index in [1.165, 1.54) is 25.7 Å². The summed E-state index contributed by atoms with van der Waals surface area (Å²) in [6, 6.07) is 0.415. The van der Waals surface area contributed by atoms with E-state index in [1.54, 1.807) is 6.20 Å². The van der Waals surface area contributed by atoms with Gasteiger partial charge in [0.2, 0.25) is 10.0 Å². The molecule has 3 rings (SSSR count). The number of nitrogens with one attached hydrogen (secondary N) is 1. The summed E-state index contributed by atoms with van der Waals surface area (Å²) in [6.45, 7) is 6.12. The van der Waals surface area contributed by atoms with Crippen LogP contribution < -0.4 is 4.72 Å². The zero-order valence-corrected chi connectivity index (χ0v) is 16.7. The van der Waals surface area contributed by atoms with Gasteiger partial charge in [-0.15, -0.1) is 0 Å². The Balaban J connectivity index is 1.90. The fourth-order valence-corrected chi connectivity index (χ4v) is 5.78. The molecule has 2 aliphatic carbocycles. The van der Waals surface area contributed by atoms with Crippen LogP contribution in [0.5, 0.6) is 0 Å². The van der Waals surface area contributed by atoms with Crippen LogP contribution in [0.25, 0.3) is 0 Å². The highest BCUT2D eigenvalue weighted by atomic mass is 32.2. The number of rotatable bonds is 4. The minimum atomic E-state index is -3.53. The van der Waals surface area contributed by atoms with Gasteiger partial charge >= 0.3 is 0 Å². The minimum absolute atomic E-state index is 0.0650. The number of hydrogen-bond acceptors (Lipinski definition) is 3. The summed E-state index contributed by atoms with van der Waals surface area (Å²) in [4.78, 5) is 0.385. The third kappa shape index (κ3) is 4.45. The first-order valence-electron chi connectivity index (χ1n) is 9.89. The molecular weight excluding hydrogens is 334 g/mol. The van der Waals surface area contributed by atoms with E-state index in [4.69, 9.17) is 5.10 Å². The van der Waals surface area contributed by atoms with Gasteiger partial charge in [-0.1, -0.05) is 59.3 Å². The molecule has 25 heavy (non-hydrogen) atoms. The van der Waals surface area contributed by atoms with Gasteiger partial charge in [0.1, 0.15) is 4.90 Å². The average molecular weight is 368 g/mol. The van der Waals surface area contributed by atoms with Crippen LogP contribution in [0.3, 0.4) is 0 Å². The molecule has 1 aromatic heterocycles. The van der Waals surface area contributed by atoms with Gasteiger partial charge < -0.3 is 0 Å². The van der Waals surface area contributed by atoms with Crippen molar-refractivity contribution in [1.82, 2.24) is 14.5 Å². The van der Waals surface area contributed by atoms with Crippen molar-refractivity contribution in [3.05, 3.63) is 11.9 Å². The Labute approximate surface area is 152 Å². The molecule has 2 saturated carbocycles. The van der Waals surface area contributed by atoms with E-state index in [0.29, 0.717) is 16.6 Å². The summed E-state index contributed by atoms with van der Waals surface area (Å²) >= 11 is 0. The van der Waals surface area contributed by atoms with Crippen molar-refractivity contribution in [2.24, 2.45) is 0 Å². The maximum atomic E-state index is 13.1. The largest absolute Gasteiger partial charge is 0.268 e. The van der Waals surface area contributed by atoms with Crippen LogP contribution >= 0.6 is 0 Å². The van der Waals surface area contributed by atoms with E-state index in [0.717, 1.165) is 38.5 Å². The van der Waals surface area contributed by atoms with Crippen molar-refractivity contribution in [2.75, 3.05) is 0 Å². The van der Waals surface area contributed by atoms with Gasteiger partial charge in [0.15, 0.2) is 0 Å². The lowest BCUT2D eigenvalue weighted by Gasteiger charge is -2.20. The normalized spacial score (nSPS) is 21.6. The molecule has 0 aliphatic heterocycles. The predicted octanol–water partition coefficient (Wildman–Crippen LogP) is 4.30. The number of nitrogens with zero attached hydrogens (tertiary/aromatic N) is 2. The molecule has 0 aromatic carbocycles. The van der Waals surface area contributed by atoms with Crippen molar-refractivity contribution in [1.29, 1.82) is 0 Å². The molecule has 142 valence electrons. The van der Waals surface area contributed by atoms with Crippen LogP contribution in [0, 0.1) is 0 Å². The summed E-state index contributed by atoms with van der Waals surface area (Å²) in [5.41, 5.74) is 0.401. The van der Waals surface area contributed by atoms with Crippen LogP contribution in [0.2, 0.25) is 0 Å². The monoisotopic (exact) mass is 367 g/mol. The number of hydrogen-bond donors (Lipinski definition) is 1. The molecule has 0 amide bonds. The standard InChI is InChI=1S/C19H33N3O2S/c1-19(2,3)18-17(14-22(20-18)16-12-8-9-13-16)25(23,24)21-15-10-6-4-5-7-11-15/h14-16,21H,4-13H2,1-3H3. The fourth-order valence-electron chi connectivity index (χ4n) is 4.13. The third-order valence-electron chi connectivity index (χ3n) is 5.57. The van der Waals surface area contributed by atoms with E-state index in [-0.39, 0.29) is 11.5 Å². The smallest absolute Gasteiger partial charge is 0.244 e. The van der Waals surface area contributed by atoms with E-state index in [2.05, 4.69) is 4.72 Å². The molecule has 0 atom stereocenters. The number of sulfonamides is 1. The topological polar surface area (TPSA) is 64.0 Å².